The van der Waals surface area contributed by atoms with Gasteiger partial charge in [-0.05, 0) is 25.7 Å². The number of hydrogen-bond acceptors (Lipinski definition) is 3. The number of aliphatic carboxylic acids is 1. The molecule has 0 aromatic heterocycles. The molecule has 1 atom stereocenters. The van der Waals surface area contributed by atoms with E-state index in [0.717, 1.165) is 25.0 Å². The maximum Gasteiger partial charge on any atom is 0.196 e. The van der Waals surface area contributed by atoms with Crippen molar-refractivity contribution in [3.63, 3.8) is 0 Å². The van der Waals surface area contributed by atoms with E-state index >= 15 is 0 Å². The lowest BCUT2D eigenvalue weighted by Gasteiger charge is -2.27. The first-order chi connectivity index (χ1) is 10.2. The van der Waals surface area contributed by atoms with Gasteiger partial charge >= 0.3 is 0 Å². The molecule has 0 saturated carbocycles. The number of carboxylic acid groups (broad SMARTS) is 1. The van der Waals surface area contributed by atoms with Crippen LogP contribution in [-0.2, 0) is 4.79 Å². The maximum absolute atomic E-state index is 10.8. The Morgan fingerprint density at radius 1 is 1.38 bits per heavy atom. The van der Waals surface area contributed by atoms with Crippen LogP contribution in [-0.4, -0.2) is 35.4 Å². The molecule has 1 N–H and O–H groups in total. The van der Waals surface area contributed by atoms with E-state index in [9.17, 15) is 9.90 Å². The van der Waals surface area contributed by atoms with Gasteiger partial charge in [0.25, 0.3) is 0 Å². The summed E-state index contributed by atoms with van der Waals surface area (Å²) in [5.41, 5.74) is 1.04. The number of allylic oxidation sites excluding steroid dienone is 2. The van der Waals surface area contributed by atoms with Crippen molar-refractivity contribution in [3.8, 4) is 0 Å². The van der Waals surface area contributed by atoms with Gasteiger partial charge in [-0.2, -0.15) is 0 Å². The fourth-order valence-corrected chi connectivity index (χ4v) is 2.44. The molecule has 0 spiro atoms. The third kappa shape index (κ3) is 7.14. The van der Waals surface area contributed by atoms with Crippen molar-refractivity contribution >= 4 is 5.97 Å². The Hall–Kier alpha value is -1.55. The predicted molar refractivity (Wildman–Crippen MR) is 83.4 cm³/mol. The van der Waals surface area contributed by atoms with Gasteiger partial charge in [0.2, 0.25) is 0 Å². The van der Waals surface area contributed by atoms with Gasteiger partial charge in [0.1, 0.15) is 7.11 Å². The average Bonchev–Trinajstić information content (AvgIpc) is 2.47. The first-order valence-electron chi connectivity index (χ1n) is 7.72. The molecule has 4 heteroatoms. The summed E-state index contributed by atoms with van der Waals surface area (Å²) in [7, 11) is 1.77. The Labute approximate surface area is 127 Å². The lowest BCUT2D eigenvalue weighted by Crippen LogP contribution is -2.36. The fraction of sp³-hybridized carbons (Fsp3) is 0.588. The molecule has 4 nitrogen and oxygen atoms in total. The number of carbonyl (C=O) groups excluding carboxylic acids is 1. The molecule has 0 amide bonds. The Bertz CT molecular complexity index is 387. The van der Waals surface area contributed by atoms with Crippen LogP contribution in [0, 0.1) is 0 Å². The van der Waals surface area contributed by atoms with Crippen LogP contribution < -0.4 is 5.11 Å². The lowest BCUT2D eigenvalue weighted by atomic mass is 10.1. The van der Waals surface area contributed by atoms with Gasteiger partial charge in [-0.3, -0.25) is 0 Å². The number of carboxylic acids is 1. The summed E-state index contributed by atoms with van der Waals surface area (Å²) in [4.78, 5) is 12.6. The molecule has 0 saturated heterocycles. The Kier molecular flexibility index (Phi) is 8.51. The van der Waals surface area contributed by atoms with Crippen molar-refractivity contribution in [3.05, 3.63) is 36.7 Å². The summed E-state index contributed by atoms with van der Waals surface area (Å²) in [6.07, 6.45) is 15.7. The summed E-state index contributed by atoms with van der Waals surface area (Å²) < 4.78 is 4.23. The summed E-state index contributed by atoms with van der Waals surface area (Å²) in [6, 6.07) is 0. The number of aliphatic hydroxyl groups is 2. The first-order valence-corrected chi connectivity index (χ1v) is 7.72. The topological polar surface area (TPSA) is 56.2 Å². The summed E-state index contributed by atoms with van der Waals surface area (Å²) in [6.45, 7) is 3.64. The van der Waals surface area contributed by atoms with Gasteiger partial charge in [0, 0.05) is 24.0 Å². The molecule has 0 aromatic carbocycles. The van der Waals surface area contributed by atoms with Gasteiger partial charge in [-0.25, -0.2) is 0 Å². The normalized spacial score (nSPS) is 17.7. The first kappa shape index (κ1) is 17.5. The molecule has 1 unspecified atom stereocenters. The minimum atomic E-state index is -1.05. The number of nitrogens with zero attached hydrogens (tertiary/aromatic N) is 1. The fourth-order valence-electron chi connectivity index (χ4n) is 2.44. The van der Waals surface area contributed by atoms with E-state index in [4.69, 9.17) is 0 Å². The summed E-state index contributed by atoms with van der Waals surface area (Å²) in [5, 5.41) is 10.8. The minimum Gasteiger partial charge on any atom is -0.548 e. The average molecular weight is 293 g/mol. The second-order valence-electron chi connectivity index (χ2n) is 5.34. The van der Waals surface area contributed by atoms with Crippen LogP contribution in [0.15, 0.2) is 36.7 Å². The molecule has 1 heterocycles. The summed E-state index contributed by atoms with van der Waals surface area (Å²) in [5.74, 6) is -1.05. The van der Waals surface area contributed by atoms with Crippen LogP contribution in [0.25, 0.3) is 0 Å². The zero-order chi connectivity index (χ0) is 15.5. The van der Waals surface area contributed by atoms with E-state index in [2.05, 4.69) is 11.3 Å². The van der Waals surface area contributed by atoms with Crippen molar-refractivity contribution in [1.29, 1.82) is 0 Å². The molecule has 0 radical (unpaired) electrons. The van der Waals surface area contributed by atoms with Crippen LogP contribution in [0.2, 0.25) is 0 Å². The molecule has 1 aliphatic rings. The van der Waals surface area contributed by atoms with Crippen LogP contribution in [0.1, 0.15) is 44.9 Å². The number of hydrogen-bond donors (Lipinski definition) is 0. The molecule has 1 aliphatic heterocycles. The highest BCUT2D eigenvalue weighted by atomic mass is 16.5. The van der Waals surface area contributed by atoms with Gasteiger partial charge in [-0.1, -0.05) is 25.3 Å². The molecule has 0 bridgehead atoms. The lowest BCUT2D eigenvalue weighted by molar-refractivity contribution is -0.305. The van der Waals surface area contributed by atoms with E-state index in [1.807, 2.05) is 24.4 Å². The Morgan fingerprint density at radius 2 is 2.10 bits per heavy atom. The van der Waals surface area contributed by atoms with E-state index < -0.39 is 5.97 Å². The predicted octanol–water partition coefficient (Wildman–Crippen LogP) is 1.89. The minimum absolute atomic E-state index is 0.0607. The Balaban J connectivity index is 2.35. The van der Waals surface area contributed by atoms with Crippen molar-refractivity contribution in [2.45, 2.75) is 51.0 Å². The van der Waals surface area contributed by atoms with Crippen LogP contribution >= 0.6 is 0 Å². The van der Waals surface area contributed by atoms with Gasteiger partial charge < -0.3 is 19.5 Å². The zero-order valence-electron chi connectivity index (χ0n) is 13.0. The molecule has 0 fully saturated rings. The van der Waals surface area contributed by atoms with Crippen LogP contribution in [0.4, 0.5) is 0 Å². The quantitative estimate of drug-likeness (QED) is 0.332. The largest absolute Gasteiger partial charge is 0.548 e. The SMILES string of the molecule is C=CCCCCCCCC1=CC([OH+]C)C=CN1CC(=O)[O-]. The van der Waals surface area contributed by atoms with Gasteiger partial charge in [0.05, 0.1) is 12.5 Å². The van der Waals surface area contributed by atoms with Crippen LogP contribution in [0.5, 0.6) is 0 Å². The van der Waals surface area contributed by atoms with Gasteiger partial charge in [-0.15, -0.1) is 6.58 Å². The highest BCUT2D eigenvalue weighted by Gasteiger charge is 2.16. The van der Waals surface area contributed by atoms with Gasteiger partial charge in [0.15, 0.2) is 6.10 Å². The number of ether oxygens (including phenoxy) is 1. The van der Waals surface area contributed by atoms with Crippen molar-refractivity contribution < 1.29 is 14.6 Å². The third-order valence-corrected chi connectivity index (χ3v) is 3.63. The van der Waals surface area contributed by atoms with E-state index in [-0.39, 0.29) is 12.6 Å². The number of rotatable bonds is 11. The molecule has 21 heavy (non-hydrogen) atoms. The third-order valence-electron chi connectivity index (χ3n) is 3.63. The molecule has 0 aromatic rings. The van der Waals surface area contributed by atoms with Crippen LogP contribution in [0.3, 0.4) is 0 Å². The summed E-state index contributed by atoms with van der Waals surface area (Å²) >= 11 is 0. The standard InChI is InChI=1S/C17H27NO3/c1-3-4-5-6-7-8-9-10-15-13-16(21-2)11-12-18(15)14-17(19)20/h3,11-13,16H,1,4-10,14H2,2H3,(H,19,20). The smallest absolute Gasteiger partial charge is 0.196 e. The molecule has 0 aliphatic carbocycles. The molecule has 118 valence electrons. The highest BCUT2D eigenvalue weighted by Crippen LogP contribution is 2.20. The van der Waals surface area contributed by atoms with E-state index in [1.165, 1.54) is 25.7 Å². The Morgan fingerprint density at radius 3 is 2.76 bits per heavy atom. The van der Waals surface area contributed by atoms with E-state index in [1.54, 1.807) is 12.0 Å². The number of unbranched alkanes of at least 4 members (excludes halogenated alkanes) is 5. The molecular weight excluding hydrogens is 266 g/mol. The van der Waals surface area contributed by atoms with E-state index in [0.29, 0.717) is 0 Å². The number of carbonyl (C=O) groups is 1. The molecular formula is C17H27NO3. The molecule has 1 rings (SSSR count). The zero-order valence-corrected chi connectivity index (χ0v) is 13.0. The highest BCUT2D eigenvalue weighted by molar-refractivity contribution is 5.67. The maximum atomic E-state index is 10.8. The van der Waals surface area contributed by atoms with Crippen molar-refractivity contribution in [1.82, 2.24) is 4.90 Å². The van der Waals surface area contributed by atoms with Crippen molar-refractivity contribution in [2.75, 3.05) is 13.7 Å². The second-order valence-corrected chi connectivity index (χ2v) is 5.34. The monoisotopic (exact) mass is 293 g/mol. The van der Waals surface area contributed by atoms with Crippen molar-refractivity contribution in [2.24, 2.45) is 0 Å². The second kappa shape index (κ2) is 10.2.